The molecule has 0 spiro atoms. The van der Waals surface area contributed by atoms with Crippen LogP contribution in [-0.4, -0.2) is 69.9 Å². The molecule has 0 aliphatic heterocycles. The summed E-state index contributed by atoms with van der Waals surface area (Å²) in [6.07, 6.45) is 11.4. The second kappa shape index (κ2) is 19.1. The molecular weight excluding hydrogens is 693 g/mol. The van der Waals surface area contributed by atoms with Crippen LogP contribution in [0.3, 0.4) is 0 Å². The highest BCUT2D eigenvalue weighted by Gasteiger charge is 2.40. The van der Waals surface area contributed by atoms with Gasteiger partial charge in [0.2, 0.25) is 11.8 Å². The third kappa shape index (κ3) is 10.6. The number of aromatic amines is 1. The van der Waals surface area contributed by atoms with Crippen LogP contribution < -0.4 is 10.1 Å². The molecule has 1 aliphatic carbocycles. The summed E-state index contributed by atoms with van der Waals surface area (Å²) in [6.45, 7) is 2.56. The molecule has 250 valence electrons. The average Bonchev–Trinajstić information content (AvgIpc) is 3.48. The molecule has 0 radical (unpaired) electrons. The summed E-state index contributed by atoms with van der Waals surface area (Å²) < 4.78 is 7.18. The van der Waals surface area contributed by atoms with E-state index in [1.807, 2.05) is 42.5 Å². The van der Waals surface area contributed by atoms with Gasteiger partial charge in [-0.1, -0.05) is 88.6 Å². The van der Waals surface area contributed by atoms with E-state index in [2.05, 4.69) is 51.9 Å². The monoisotopic (exact) mass is 743 g/mol. The Labute approximate surface area is 287 Å². The lowest BCUT2D eigenvalue weighted by molar-refractivity contribution is -0.138. The van der Waals surface area contributed by atoms with Crippen LogP contribution in [0.1, 0.15) is 83.2 Å². The number of hydrogen-bond acceptors (Lipinski definition) is 5. The minimum absolute atomic E-state index is 0.0202. The lowest BCUT2D eigenvalue weighted by atomic mass is 9.87. The van der Waals surface area contributed by atoms with Crippen LogP contribution in [0.15, 0.2) is 66.2 Å². The van der Waals surface area contributed by atoms with Crippen molar-refractivity contribution in [2.75, 3.05) is 19.7 Å². The summed E-state index contributed by atoms with van der Waals surface area (Å²) >= 11 is 2.19. The summed E-state index contributed by atoms with van der Waals surface area (Å²) in [4.78, 5) is 32.4. The van der Waals surface area contributed by atoms with Crippen molar-refractivity contribution in [2.24, 2.45) is 0 Å². The molecule has 2 amide bonds. The quantitative estimate of drug-likeness (QED) is 0.0809. The minimum atomic E-state index is -1.04. The van der Waals surface area contributed by atoms with Gasteiger partial charge in [0.15, 0.2) is 0 Å². The molecule has 0 fully saturated rings. The van der Waals surface area contributed by atoms with E-state index in [0.717, 1.165) is 39.4 Å². The zero-order valence-corrected chi connectivity index (χ0v) is 29.2. The van der Waals surface area contributed by atoms with E-state index in [-0.39, 0.29) is 31.4 Å². The van der Waals surface area contributed by atoms with E-state index >= 15 is 0 Å². The lowest BCUT2D eigenvalue weighted by Crippen LogP contribution is -2.55. The van der Waals surface area contributed by atoms with Crippen molar-refractivity contribution in [3.8, 4) is 5.75 Å². The first kappa shape index (κ1) is 36.0. The zero-order chi connectivity index (χ0) is 32.7. The number of aliphatic hydroxyl groups excluding tert-OH is 2. The molecular formula is C37H50IN3O5. The topological polar surface area (TPSA) is 115 Å². The molecule has 3 atom stereocenters. The Kier molecular flexibility index (Phi) is 14.9. The van der Waals surface area contributed by atoms with Gasteiger partial charge < -0.3 is 30.2 Å². The highest BCUT2D eigenvalue weighted by atomic mass is 127. The molecule has 1 aromatic heterocycles. The number of aliphatic hydroxyl groups is 2. The van der Waals surface area contributed by atoms with E-state index in [9.17, 15) is 19.8 Å². The maximum absolute atomic E-state index is 14.0. The number of nitrogens with one attached hydrogen (secondary N) is 2. The number of fused-ring (bicyclic) bond motifs is 1. The maximum Gasteiger partial charge on any atom is 0.247 e. The summed E-state index contributed by atoms with van der Waals surface area (Å²) in [7, 11) is 0. The molecule has 3 aromatic rings. The largest absolute Gasteiger partial charge is 0.482 e. The molecule has 0 saturated carbocycles. The third-order valence-corrected chi connectivity index (χ3v) is 9.63. The Hall–Kier alpha value is -2.89. The summed E-state index contributed by atoms with van der Waals surface area (Å²) in [5.74, 6) is 0.252. The lowest BCUT2D eigenvalue weighted by Gasteiger charge is -2.40. The van der Waals surface area contributed by atoms with Gasteiger partial charge in [-0.25, -0.2) is 0 Å². The number of halogens is 1. The van der Waals surface area contributed by atoms with Gasteiger partial charge in [-0.3, -0.25) is 9.59 Å². The van der Waals surface area contributed by atoms with Crippen molar-refractivity contribution in [3.05, 3.63) is 75.5 Å². The molecule has 1 heterocycles. The van der Waals surface area contributed by atoms with Crippen molar-refractivity contribution >= 4 is 45.3 Å². The number of carbonyl (C=O) groups excluding carboxylic acids is 2. The first-order valence-electron chi connectivity index (χ1n) is 17.0. The fourth-order valence-corrected chi connectivity index (χ4v) is 6.70. The number of hydrogen-bond donors (Lipinski definition) is 4. The Morgan fingerprint density at radius 1 is 1.00 bits per heavy atom. The van der Waals surface area contributed by atoms with Crippen molar-refractivity contribution in [1.82, 2.24) is 15.2 Å². The number of para-hydroxylation sites is 2. The first-order chi connectivity index (χ1) is 22.4. The zero-order valence-electron chi connectivity index (χ0n) is 27.1. The second-order valence-electron chi connectivity index (χ2n) is 12.2. The predicted molar refractivity (Wildman–Crippen MR) is 192 cm³/mol. The van der Waals surface area contributed by atoms with E-state index in [0.29, 0.717) is 30.7 Å². The Morgan fingerprint density at radius 3 is 2.41 bits per heavy atom. The molecule has 4 rings (SSSR count). The fraction of sp³-hybridized carbons (Fsp3) is 0.514. The summed E-state index contributed by atoms with van der Waals surface area (Å²) in [5.41, 5.74) is 2.49. The van der Waals surface area contributed by atoms with Gasteiger partial charge in [0.05, 0.1) is 16.2 Å². The van der Waals surface area contributed by atoms with Crippen molar-refractivity contribution in [2.45, 2.75) is 102 Å². The van der Waals surface area contributed by atoms with Crippen LogP contribution in [0.2, 0.25) is 0 Å². The number of amides is 2. The van der Waals surface area contributed by atoms with E-state index < -0.39 is 18.2 Å². The van der Waals surface area contributed by atoms with Gasteiger partial charge in [0.1, 0.15) is 18.0 Å². The number of unbranched alkanes of at least 4 members (excludes halogenated alkanes) is 8. The van der Waals surface area contributed by atoms with Crippen LogP contribution >= 0.6 is 22.6 Å². The maximum atomic E-state index is 14.0. The molecule has 0 bridgehead atoms. The number of rotatable bonds is 19. The van der Waals surface area contributed by atoms with Crippen LogP contribution in [0.4, 0.5) is 0 Å². The Morgan fingerprint density at radius 2 is 1.70 bits per heavy atom. The third-order valence-electron chi connectivity index (χ3n) is 8.74. The van der Waals surface area contributed by atoms with Crippen LogP contribution in [0, 0.1) is 3.57 Å². The number of aromatic nitrogens is 1. The molecule has 2 aromatic carbocycles. The predicted octanol–water partition coefficient (Wildman–Crippen LogP) is 6.68. The highest BCUT2D eigenvalue weighted by Crippen LogP contribution is 2.30. The Balaban J connectivity index is 1.51. The summed E-state index contributed by atoms with van der Waals surface area (Å²) in [5, 5.41) is 24.9. The number of carbonyl (C=O) groups is 2. The SMILES string of the molecule is CCCCCCCCCCCC(=O)N(CCc1cc2ccccc2[nH]1)C1CC(C(=O)NCCO)=CC(Oc2ccccc2I)C1O. The number of H-pyrrole nitrogens is 1. The Bertz CT molecular complexity index is 1390. The smallest absolute Gasteiger partial charge is 0.247 e. The van der Waals surface area contributed by atoms with Gasteiger partial charge in [-0.15, -0.1) is 0 Å². The van der Waals surface area contributed by atoms with Crippen molar-refractivity contribution in [3.63, 3.8) is 0 Å². The number of benzene rings is 2. The van der Waals surface area contributed by atoms with E-state index in [1.54, 1.807) is 11.0 Å². The van der Waals surface area contributed by atoms with Crippen LogP contribution in [0.25, 0.3) is 10.9 Å². The molecule has 3 unspecified atom stereocenters. The number of nitrogens with zero attached hydrogens (tertiary/aromatic N) is 1. The van der Waals surface area contributed by atoms with E-state index in [4.69, 9.17) is 4.74 Å². The average molecular weight is 744 g/mol. The van der Waals surface area contributed by atoms with Gasteiger partial charge >= 0.3 is 0 Å². The molecule has 8 nitrogen and oxygen atoms in total. The molecule has 9 heteroatoms. The van der Waals surface area contributed by atoms with Crippen LogP contribution in [0.5, 0.6) is 5.75 Å². The van der Waals surface area contributed by atoms with Gasteiger partial charge in [-0.2, -0.15) is 0 Å². The molecule has 46 heavy (non-hydrogen) atoms. The normalized spacial score (nSPS) is 17.9. The molecule has 1 aliphatic rings. The fourth-order valence-electron chi connectivity index (χ4n) is 6.18. The molecule has 4 N–H and O–H groups in total. The highest BCUT2D eigenvalue weighted by molar-refractivity contribution is 14.1. The summed E-state index contributed by atoms with van der Waals surface area (Å²) in [6, 6.07) is 17.1. The van der Waals surface area contributed by atoms with E-state index in [1.165, 1.54) is 38.5 Å². The second-order valence-corrected chi connectivity index (χ2v) is 13.4. The molecule has 0 saturated heterocycles. The van der Waals surface area contributed by atoms with Gasteiger partial charge in [-0.05, 0) is 64.7 Å². The van der Waals surface area contributed by atoms with Gasteiger partial charge in [0, 0.05) is 49.1 Å². The minimum Gasteiger partial charge on any atom is -0.482 e. The van der Waals surface area contributed by atoms with Gasteiger partial charge in [0.25, 0.3) is 0 Å². The van der Waals surface area contributed by atoms with Crippen molar-refractivity contribution in [1.29, 1.82) is 0 Å². The standard InChI is InChI=1S/C37H50IN3O5/c1-2-3-4-5-6-7-8-9-10-19-35(43)41(22-20-29-24-27-15-11-13-17-31(27)40-29)32-25-28(37(45)39-21-23-42)26-34(36(32)44)46-33-18-14-12-16-30(33)38/h11-18,24,26,32,34,36,40,42,44H,2-10,19-23,25H2,1H3,(H,39,45). The first-order valence-corrected chi connectivity index (χ1v) is 18.0. The van der Waals surface area contributed by atoms with Crippen molar-refractivity contribution < 1.29 is 24.5 Å². The van der Waals surface area contributed by atoms with Crippen LogP contribution in [-0.2, 0) is 16.0 Å². The number of ether oxygens (including phenoxy) is 1.